The van der Waals surface area contributed by atoms with E-state index in [-0.39, 0.29) is 0 Å². The van der Waals surface area contributed by atoms with Gasteiger partial charge in [0, 0.05) is 18.8 Å². The van der Waals surface area contributed by atoms with Crippen molar-refractivity contribution in [1.82, 2.24) is 9.88 Å². The van der Waals surface area contributed by atoms with Gasteiger partial charge >= 0.3 is 0 Å². The predicted molar refractivity (Wildman–Crippen MR) is 70.3 cm³/mol. The van der Waals surface area contributed by atoms with Crippen LogP contribution < -0.4 is 11.3 Å². The summed E-state index contributed by atoms with van der Waals surface area (Å²) >= 11 is 0. The van der Waals surface area contributed by atoms with E-state index in [0.29, 0.717) is 12.0 Å². The van der Waals surface area contributed by atoms with Crippen molar-refractivity contribution < 1.29 is 0 Å². The Bertz CT molecular complexity index is 364. The molecule has 0 spiro atoms. The van der Waals surface area contributed by atoms with E-state index in [4.69, 9.17) is 5.84 Å². The summed E-state index contributed by atoms with van der Waals surface area (Å²) in [5.74, 6) is 6.13. The fourth-order valence-electron chi connectivity index (χ4n) is 2.67. The van der Waals surface area contributed by atoms with Gasteiger partial charge in [-0.3, -0.25) is 15.7 Å². The van der Waals surface area contributed by atoms with Crippen molar-refractivity contribution >= 4 is 5.69 Å². The van der Waals surface area contributed by atoms with Crippen LogP contribution in [0.15, 0.2) is 18.3 Å². The van der Waals surface area contributed by atoms with E-state index in [0.717, 1.165) is 17.9 Å². The molecule has 0 radical (unpaired) electrons. The van der Waals surface area contributed by atoms with Crippen molar-refractivity contribution in [3.63, 3.8) is 0 Å². The minimum Gasteiger partial charge on any atom is -0.324 e. The lowest BCUT2D eigenvalue weighted by atomic mass is 10.0. The molecule has 1 aromatic rings. The van der Waals surface area contributed by atoms with Crippen LogP contribution in [-0.4, -0.2) is 22.5 Å². The van der Waals surface area contributed by atoms with Gasteiger partial charge in [0.2, 0.25) is 0 Å². The largest absolute Gasteiger partial charge is 0.324 e. The Morgan fingerprint density at radius 2 is 2.41 bits per heavy atom. The van der Waals surface area contributed by atoms with Gasteiger partial charge < -0.3 is 5.43 Å². The molecular formula is C13H22N4. The first-order valence-corrected chi connectivity index (χ1v) is 6.36. The van der Waals surface area contributed by atoms with Gasteiger partial charge in [0.25, 0.3) is 0 Å². The number of rotatable bonds is 4. The zero-order valence-electron chi connectivity index (χ0n) is 10.7. The Morgan fingerprint density at radius 3 is 3.12 bits per heavy atom. The lowest BCUT2D eigenvalue weighted by Gasteiger charge is -2.27. The molecule has 1 aliphatic rings. The maximum atomic E-state index is 5.41. The summed E-state index contributed by atoms with van der Waals surface area (Å²) in [5, 5.41) is 0. The molecule has 2 heterocycles. The fraction of sp³-hybridized carbons (Fsp3) is 0.615. The molecule has 1 saturated heterocycles. The Hall–Kier alpha value is -1.13. The van der Waals surface area contributed by atoms with Crippen LogP contribution in [0.5, 0.6) is 0 Å². The number of hydrogen-bond acceptors (Lipinski definition) is 4. The van der Waals surface area contributed by atoms with Gasteiger partial charge in [-0.25, -0.2) is 0 Å². The zero-order valence-corrected chi connectivity index (χ0v) is 10.7. The summed E-state index contributed by atoms with van der Waals surface area (Å²) in [5.41, 5.74) is 4.68. The number of likely N-dealkylation sites (tertiary alicyclic amines) is 1. The van der Waals surface area contributed by atoms with Crippen LogP contribution in [0, 0.1) is 5.92 Å². The van der Waals surface area contributed by atoms with Crippen molar-refractivity contribution in [3.05, 3.63) is 24.0 Å². The topological polar surface area (TPSA) is 54.2 Å². The molecular weight excluding hydrogens is 212 g/mol. The average molecular weight is 234 g/mol. The molecule has 3 N–H and O–H groups in total. The highest BCUT2D eigenvalue weighted by Gasteiger charge is 2.26. The highest BCUT2D eigenvalue weighted by atomic mass is 15.2. The van der Waals surface area contributed by atoms with Crippen molar-refractivity contribution in [1.29, 1.82) is 0 Å². The van der Waals surface area contributed by atoms with Gasteiger partial charge in [-0.05, 0) is 37.4 Å². The third-order valence-electron chi connectivity index (χ3n) is 3.53. The Morgan fingerprint density at radius 1 is 1.59 bits per heavy atom. The number of aromatic nitrogens is 1. The average Bonchev–Trinajstić information content (AvgIpc) is 2.77. The Kier molecular flexibility index (Phi) is 3.97. The third kappa shape index (κ3) is 2.96. The van der Waals surface area contributed by atoms with Crippen LogP contribution >= 0.6 is 0 Å². The fourth-order valence-corrected chi connectivity index (χ4v) is 2.67. The second-order valence-corrected chi connectivity index (χ2v) is 5.10. The number of nitrogens with two attached hydrogens (primary N) is 1. The summed E-state index contributed by atoms with van der Waals surface area (Å²) in [6, 6.07) is 4.61. The summed E-state index contributed by atoms with van der Waals surface area (Å²) in [4.78, 5) is 6.94. The molecule has 4 heteroatoms. The van der Waals surface area contributed by atoms with E-state index < -0.39 is 0 Å². The predicted octanol–water partition coefficient (Wildman–Crippen LogP) is 1.99. The maximum Gasteiger partial charge on any atom is 0.0565 e. The summed E-state index contributed by atoms with van der Waals surface area (Å²) < 4.78 is 0. The summed E-state index contributed by atoms with van der Waals surface area (Å²) in [6.07, 6.45) is 4.43. The number of nitrogens with one attached hydrogen (secondary N) is 1. The van der Waals surface area contributed by atoms with Crippen LogP contribution in [0.3, 0.4) is 0 Å². The summed E-state index contributed by atoms with van der Waals surface area (Å²) in [7, 11) is 0. The highest BCUT2D eigenvalue weighted by Crippen LogP contribution is 2.25. The van der Waals surface area contributed by atoms with E-state index in [1.54, 1.807) is 0 Å². The van der Waals surface area contributed by atoms with Crippen LogP contribution in [0.2, 0.25) is 0 Å². The molecule has 4 nitrogen and oxygen atoms in total. The molecule has 1 fully saturated rings. The van der Waals surface area contributed by atoms with Crippen molar-refractivity contribution in [2.24, 2.45) is 11.8 Å². The minimum atomic E-state index is 0.700. The second-order valence-electron chi connectivity index (χ2n) is 5.10. The molecule has 17 heavy (non-hydrogen) atoms. The van der Waals surface area contributed by atoms with Crippen LogP contribution in [0.4, 0.5) is 5.69 Å². The van der Waals surface area contributed by atoms with Crippen molar-refractivity contribution in [2.45, 2.75) is 39.3 Å². The molecule has 1 aromatic heterocycles. The van der Waals surface area contributed by atoms with E-state index in [2.05, 4.69) is 29.2 Å². The third-order valence-corrected chi connectivity index (χ3v) is 3.53. The Labute approximate surface area is 103 Å². The lowest BCUT2D eigenvalue weighted by Crippen LogP contribution is -2.33. The summed E-state index contributed by atoms with van der Waals surface area (Å²) in [6.45, 7) is 6.71. The first-order valence-electron chi connectivity index (χ1n) is 6.36. The molecule has 2 rings (SSSR count). The molecule has 0 aliphatic carbocycles. The van der Waals surface area contributed by atoms with Gasteiger partial charge in [0.05, 0.1) is 11.4 Å². The minimum absolute atomic E-state index is 0.700. The SMILES string of the molecule is CC(C)C1CCCN1Cc1cc(NN)ccn1. The van der Waals surface area contributed by atoms with Crippen molar-refractivity contribution in [3.8, 4) is 0 Å². The van der Waals surface area contributed by atoms with Gasteiger partial charge in [-0.1, -0.05) is 13.8 Å². The molecule has 1 atom stereocenters. The highest BCUT2D eigenvalue weighted by molar-refractivity contribution is 5.41. The van der Waals surface area contributed by atoms with E-state index >= 15 is 0 Å². The van der Waals surface area contributed by atoms with Crippen molar-refractivity contribution in [2.75, 3.05) is 12.0 Å². The van der Waals surface area contributed by atoms with Gasteiger partial charge in [0.15, 0.2) is 0 Å². The lowest BCUT2D eigenvalue weighted by molar-refractivity contribution is 0.197. The van der Waals surface area contributed by atoms with E-state index in [1.165, 1.54) is 19.4 Å². The normalized spacial score (nSPS) is 21.1. The smallest absolute Gasteiger partial charge is 0.0565 e. The number of pyridine rings is 1. The maximum absolute atomic E-state index is 5.41. The number of hydrogen-bond donors (Lipinski definition) is 2. The van der Waals surface area contributed by atoms with E-state index in [1.807, 2.05) is 18.3 Å². The quantitative estimate of drug-likeness (QED) is 0.618. The molecule has 0 amide bonds. The number of nitrogens with zero attached hydrogens (tertiary/aromatic N) is 2. The number of nitrogen functional groups attached to an aromatic ring is 1. The second kappa shape index (κ2) is 5.47. The Balaban J connectivity index is 2.04. The number of anilines is 1. The van der Waals surface area contributed by atoms with Gasteiger partial charge in [0.1, 0.15) is 0 Å². The number of hydrazine groups is 1. The van der Waals surface area contributed by atoms with Crippen LogP contribution in [-0.2, 0) is 6.54 Å². The molecule has 0 aromatic carbocycles. The first kappa shape index (κ1) is 12.3. The molecule has 1 aliphatic heterocycles. The van der Waals surface area contributed by atoms with Gasteiger partial charge in [-0.2, -0.15) is 0 Å². The molecule has 94 valence electrons. The monoisotopic (exact) mass is 234 g/mol. The van der Waals surface area contributed by atoms with Gasteiger partial charge in [-0.15, -0.1) is 0 Å². The van der Waals surface area contributed by atoms with E-state index in [9.17, 15) is 0 Å². The molecule has 0 bridgehead atoms. The first-order chi connectivity index (χ1) is 8.20. The zero-order chi connectivity index (χ0) is 12.3. The molecule has 1 unspecified atom stereocenters. The molecule has 0 saturated carbocycles. The van der Waals surface area contributed by atoms with Crippen LogP contribution in [0.25, 0.3) is 0 Å². The van der Waals surface area contributed by atoms with Crippen LogP contribution in [0.1, 0.15) is 32.4 Å². The standard InChI is InChI=1S/C13H22N4/c1-10(2)13-4-3-7-17(13)9-12-8-11(16-14)5-6-15-12/h5-6,8,10,13H,3-4,7,9,14H2,1-2H3,(H,15,16).